The number of rotatable bonds is 5. The van der Waals surface area contributed by atoms with Crippen LogP contribution in [0, 0.1) is 11.3 Å². The van der Waals surface area contributed by atoms with Crippen LogP contribution in [-0.4, -0.2) is 5.38 Å². The summed E-state index contributed by atoms with van der Waals surface area (Å²) in [5.41, 5.74) is 1.66. The van der Waals surface area contributed by atoms with Crippen LogP contribution in [0.3, 0.4) is 0 Å². The Morgan fingerprint density at radius 2 is 1.68 bits per heavy atom. The zero-order valence-corrected chi connectivity index (χ0v) is 13.5. The van der Waals surface area contributed by atoms with Crippen molar-refractivity contribution in [1.29, 1.82) is 0 Å². The molecule has 1 unspecified atom stereocenters. The molecule has 0 radical (unpaired) electrons. The molecular weight excluding hydrogens is 275 g/mol. The standard InChI is InChI=1S/C17H24Cl2/c1-13(2)12-17(9-3-4-10-17)16(19)11-14-5-7-15(18)8-6-14/h5-8,13,16H,3-4,9-12H2,1-2H3. The Kier molecular flexibility index (Phi) is 5.20. The molecule has 1 fully saturated rings. The molecule has 106 valence electrons. The highest BCUT2D eigenvalue weighted by Gasteiger charge is 2.40. The van der Waals surface area contributed by atoms with Gasteiger partial charge in [-0.15, -0.1) is 11.6 Å². The lowest BCUT2D eigenvalue weighted by atomic mass is 9.74. The number of halogens is 2. The molecule has 0 amide bonds. The van der Waals surface area contributed by atoms with Gasteiger partial charge in [-0.1, -0.05) is 50.4 Å². The normalized spacial score (nSPS) is 19.8. The Morgan fingerprint density at radius 3 is 2.21 bits per heavy atom. The summed E-state index contributed by atoms with van der Waals surface area (Å²) >= 11 is 12.8. The van der Waals surface area contributed by atoms with E-state index in [9.17, 15) is 0 Å². The zero-order chi connectivity index (χ0) is 13.9. The predicted octanol–water partition coefficient (Wildman–Crippen LogP) is 6.10. The lowest BCUT2D eigenvalue weighted by Crippen LogP contribution is -2.31. The van der Waals surface area contributed by atoms with Gasteiger partial charge in [0, 0.05) is 10.4 Å². The average molecular weight is 299 g/mol. The number of alkyl halides is 1. The molecule has 2 heteroatoms. The fraction of sp³-hybridized carbons (Fsp3) is 0.647. The number of benzene rings is 1. The Labute approximate surface area is 127 Å². The average Bonchev–Trinajstić information content (AvgIpc) is 2.81. The van der Waals surface area contributed by atoms with Crippen LogP contribution in [0.15, 0.2) is 24.3 Å². The number of hydrogen-bond acceptors (Lipinski definition) is 0. The first kappa shape index (κ1) is 15.2. The van der Waals surface area contributed by atoms with E-state index >= 15 is 0 Å². The summed E-state index contributed by atoms with van der Waals surface area (Å²) in [7, 11) is 0. The Hall–Kier alpha value is -0.200. The van der Waals surface area contributed by atoms with Crippen LogP contribution in [-0.2, 0) is 6.42 Å². The highest BCUT2D eigenvalue weighted by molar-refractivity contribution is 6.30. The fourth-order valence-electron chi connectivity index (χ4n) is 3.58. The van der Waals surface area contributed by atoms with Crippen LogP contribution in [0.2, 0.25) is 5.02 Å². The molecule has 1 saturated carbocycles. The van der Waals surface area contributed by atoms with Crippen molar-refractivity contribution in [2.75, 3.05) is 0 Å². The molecule has 0 nitrogen and oxygen atoms in total. The minimum atomic E-state index is 0.249. The highest BCUT2D eigenvalue weighted by atomic mass is 35.5. The first-order valence-corrected chi connectivity index (χ1v) is 8.22. The van der Waals surface area contributed by atoms with Crippen LogP contribution in [0.1, 0.15) is 51.5 Å². The molecule has 0 aliphatic heterocycles. The topological polar surface area (TPSA) is 0 Å². The molecule has 2 rings (SSSR count). The van der Waals surface area contributed by atoms with E-state index in [0.717, 1.165) is 17.4 Å². The summed E-state index contributed by atoms with van der Waals surface area (Å²) in [6.07, 6.45) is 7.51. The second-order valence-corrected chi connectivity index (χ2v) is 7.43. The molecule has 1 aromatic rings. The molecule has 0 N–H and O–H groups in total. The van der Waals surface area contributed by atoms with Crippen molar-refractivity contribution in [1.82, 2.24) is 0 Å². The van der Waals surface area contributed by atoms with Gasteiger partial charge in [0.1, 0.15) is 0 Å². The minimum absolute atomic E-state index is 0.249. The lowest BCUT2D eigenvalue weighted by Gasteiger charge is -2.36. The summed E-state index contributed by atoms with van der Waals surface area (Å²) in [5, 5.41) is 1.05. The highest BCUT2D eigenvalue weighted by Crippen LogP contribution is 2.48. The number of hydrogen-bond donors (Lipinski definition) is 0. The van der Waals surface area contributed by atoms with Gasteiger partial charge >= 0.3 is 0 Å². The molecule has 19 heavy (non-hydrogen) atoms. The Bertz CT molecular complexity index is 388. The molecule has 1 aromatic carbocycles. The van der Waals surface area contributed by atoms with Gasteiger partial charge in [0.25, 0.3) is 0 Å². The van der Waals surface area contributed by atoms with Crippen molar-refractivity contribution in [3.8, 4) is 0 Å². The molecule has 0 heterocycles. The molecule has 1 aliphatic rings. The smallest absolute Gasteiger partial charge is 0.0432 e. The third kappa shape index (κ3) is 3.89. The Balaban J connectivity index is 2.07. The maximum atomic E-state index is 6.83. The SMILES string of the molecule is CC(C)CC1(C(Cl)Cc2ccc(Cl)cc2)CCCC1. The first-order chi connectivity index (χ1) is 9.02. The summed E-state index contributed by atoms with van der Waals surface area (Å²) < 4.78 is 0. The Morgan fingerprint density at radius 1 is 1.11 bits per heavy atom. The van der Waals surface area contributed by atoms with Crippen LogP contribution in [0.5, 0.6) is 0 Å². The fourth-order valence-corrected chi connectivity index (χ4v) is 4.19. The van der Waals surface area contributed by atoms with Gasteiger partial charge in [-0.05, 0) is 54.7 Å². The predicted molar refractivity (Wildman–Crippen MR) is 85.2 cm³/mol. The van der Waals surface area contributed by atoms with Crippen molar-refractivity contribution >= 4 is 23.2 Å². The molecule has 0 bridgehead atoms. The summed E-state index contributed by atoms with van der Waals surface area (Å²) in [6.45, 7) is 4.62. The van der Waals surface area contributed by atoms with Gasteiger partial charge in [0.05, 0.1) is 0 Å². The van der Waals surface area contributed by atoms with Gasteiger partial charge in [0.15, 0.2) is 0 Å². The van der Waals surface area contributed by atoms with E-state index in [-0.39, 0.29) is 5.38 Å². The van der Waals surface area contributed by atoms with Crippen molar-refractivity contribution in [2.45, 2.75) is 57.7 Å². The third-order valence-corrected chi connectivity index (χ3v) is 5.28. The van der Waals surface area contributed by atoms with Crippen molar-refractivity contribution < 1.29 is 0 Å². The molecule has 0 spiro atoms. The molecule has 1 aliphatic carbocycles. The zero-order valence-electron chi connectivity index (χ0n) is 12.0. The van der Waals surface area contributed by atoms with Crippen LogP contribution >= 0.6 is 23.2 Å². The summed E-state index contributed by atoms with van der Waals surface area (Å²) in [5.74, 6) is 0.726. The van der Waals surface area contributed by atoms with Crippen molar-refractivity contribution in [2.24, 2.45) is 11.3 Å². The van der Waals surface area contributed by atoms with Gasteiger partial charge in [-0.25, -0.2) is 0 Å². The summed E-state index contributed by atoms with van der Waals surface area (Å²) in [4.78, 5) is 0. The van der Waals surface area contributed by atoms with Crippen LogP contribution < -0.4 is 0 Å². The lowest BCUT2D eigenvalue weighted by molar-refractivity contribution is 0.221. The maximum Gasteiger partial charge on any atom is 0.0432 e. The monoisotopic (exact) mass is 298 g/mol. The van der Waals surface area contributed by atoms with E-state index < -0.39 is 0 Å². The van der Waals surface area contributed by atoms with E-state index in [2.05, 4.69) is 26.0 Å². The second kappa shape index (κ2) is 6.50. The van der Waals surface area contributed by atoms with Crippen LogP contribution in [0.25, 0.3) is 0 Å². The van der Waals surface area contributed by atoms with E-state index in [1.807, 2.05) is 12.1 Å². The largest absolute Gasteiger partial charge is 0.122 e. The quantitative estimate of drug-likeness (QED) is 0.576. The van der Waals surface area contributed by atoms with Crippen molar-refractivity contribution in [3.63, 3.8) is 0 Å². The molecular formula is C17H24Cl2. The molecule has 0 saturated heterocycles. The van der Waals surface area contributed by atoms with E-state index in [0.29, 0.717) is 5.41 Å². The van der Waals surface area contributed by atoms with Crippen molar-refractivity contribution in [3.05, 3.63) is 34.9 Å². The van der Waals surface area contributed by atoms with E-state index in [1.54, 1.807) is 0 Å². The second-order valence-electron chi connectivity index (χ2n) is 6.47. The van der Waals surface area contributed by atoms with Gasteiger partial charge in [0.2, 0.25) is 0 Å². The van der Waals surface area contributed by atoms with Gasteiger partial charge in [-0.2, -0.15) is 0 Å². The minimum Gasteiger partial charge on any atom is -0.122 e. The van der Waals surface area contributed by atoms with Gasteiger partial charge < -0.3 is 0 Å². The molecule has 0 aromatic heterocycles. The summed E-state index contributed by atoms with van der Waals surface area (Å²) in [6, 6.07) is 8.14. The molecule has 1 atom stereocenters. The van der Waals surface area contributed by atoms with E-state index in [4.69, 9.17) is 23.2 Å². The first-order valence-electron chi connectivity index (χ1n) is 7.40. The van der Waals surface area contributed by atoms with Crippen LogP contribution in [0.4, 0.5) is 0 Å². The maximum absolute atomic E-state index is 6.83. The van der Waals surface area contributed by atoms with Gasteiger partial charge in [-0.3, -0.25) is 0 Å². The van der Waals surface area contributed by atoms with E-state index in [1.165, 1.54) is 37.7 Å². The third-order valence-electron chi connectivity index (χ3n) is 4.41.